The maximum absolute atomic E-state index is 11.8. The highest BCUT2D eigenvalue weighted by Crippen LogP contribution is 2.32. The van der Waals surface area contributed by atoms with Crippen LogP contribution in [0, 0.1) is 0 Å². The molecule has 2 N–H and O–H groups in total. The zero-order valence-corrected chi connectivity index (χ0v) is 14.6. The van der Waals surface area contributed by atoms with Crippen molar-refractivity contribution in [3.05, 3.63) is 23.8 Å². The van der Waals surface area contributed by atoms with Crippen LogP contribution < -0.4 is 20.1 Å². The summed E-state index contributed by atoms with van der Waals surface area (Å²) in [5, 5.41) is 5.64. The second kappa shape index (κ2) is 10.4. The Hall–Kier alpha value is -2.44. The van der Waals surface area contributed by atoms with Gasteiger partial charge in [0.15, 0.2) is 11.5 Å². The average molecular weight is 350 g/mol. The van der Waals surface area contributed by atoms with Crippen molar-refractivity contribution < 1.29 is 23.8 Å². The smallest absolute Gasteiger partial charge is 0.315 e. The van der Waals surface area contributed by atoms with Crippen molar-refractivity contribution in [2.45, 2.75) is 45.6 Å². The zero-order valence-electron chi connectivity index (χ0n) is 14.6. The lowest BCUT2D eigenvalue weighted by Crippen LogP contribution is -2.35. The van der Waals surface area contributed by atoms with E-state index >= 15 is 0 Å². The molecule has 1 heterocycles. The summed E-state index contributed by atoms with van der Waals surface area (Å²) in [5.41, 5.74) is 0.957. The number of carbonyl (C=O) groups is 2. The molecule has 0 aromatic heterocycles. The van der Waals surface area contributed by atoms with Gasteiger partial charge >= 0.3 is 12.0 Å². The Balaban J connectivity index is 1.49. The first-order valence-corrected chi connectivity index (χ1v) is 8.75. The van der Waals surface area contributed by atoms with Gasteiger partial charge in [0.1, 0.15) is 0 Å². The second-order valence-corrected chi connectivity index (χ2v) is 5.77. The molecule has 1 aliphatic heterocycles. The molecule has 0 atom stereocenters. The van der Waals surface area contributed by atoms with Crippen LogP contribution >= 0.6 is 0 Å². The van der Waals surface area contributed by atoms with Crippen LogP contribution in [0.1, 0.15) is 44.6 Å². The lowest BCUT2D eigenvalue weighted by Gasteiger charge is -2.08. The quantitative estimate of drug-likeness (QED) is 0.500. The molecule has 0 fully saturated rings. The van der Waals surface area contributed by atoms with Gasteiger partial charge in [0.2, 0.25) is 6.79 Å². The summed E-state index contributed by atoms with van der Waals surface area (Å²) in [5.74, 6) is 1.31. The number of esters is 1. The van der Waals surface area contributed by atoms with Gasteiger partial charge in [-0.1, -0.05) is 18.9 Å². The fourth-order valence-corrected chi connectivity index (χ4v) is 2.48. The second-order valence-electron chi connectivity index (χ2n) is 5.77. The van der Waals surface area contributed by atoms with Gasteiger partial charge in [-0.3, -0.25) is 4.79 Å². The minimum Gasteiger partial charge on any atom is -0.466 e. The molecule has 0 saturated heterocycles. The average Bonchev–Trinajstić information content (AvgIpc) is 3.07. The molecule has 25 heavy (non-hydrogen) atoms. The lowest BCUT2D eigenvalue weighted by molar-refractivity contribution is -0.143. The minimum atomic E-state index is -0.191. The Labute approximate surface area is 148 Å². The summed E-state index contributed by atoms with van der Waals surface area (Å²) in [6.07, 6.45) is 4.12. The highest BCUT2D eigenvalue weighted by atomic mass is 16.7. The summed E-state index contributed by atoms with van der Waals surface area (Å²) in [4.78, 5) is 22.9. The zero-order chi connectivity index (χ0) is 17.9. The molecule has 0 radical (unpaired) electrons. The third-order valence-corrected chi connectivity index (χ3v) is 3.79. The van der Waals surface area contributed by atoms with E-state index in [0.29, 0.717) is 31.9 Å². The number of unbranched alkanes of at least 4 members (excludes halogenated alkanes) is 3. The molecule has 138 valence electrons. The van der Waals surface area contributed by atoms with E-state index in [1.165, 1.54) is 0 Å². The van der Waals surface area contributed by atoms with Crippen LogP contribution in [-0.4, -0.2) is 31.9 Å². The summed E-state index contributed by atoms with van der Waals surface area (Å²) < 4.78 is 15.4. The number of rotatable bonds is 10. The molecule has 0 saturated carbocycles. The standard InChI is InChI=1S/C18H26N2O5/c1-2-23-17(21)7-5-3-4-6-10-19-18(22)20-12-14-8-9-15-16(11-14)25-13-24-15/h8-9,11H,2-7,10,12-13H2,1H3,(H2,19,20,22). The van der Waals surface area contributed by atoms with Crippen molar-refractivity contribution in [2.75, 3.05) is 19.9 Å². The van der Waals surface area contributed by atoms with E-state index < -0.39 is 0 Å². The molecule has 0 bridgehead atoms. The molecule has 0 aliphatic carbocycles. The molecule has 2 amide bonds. The number of hydrogen-bond acceptors (Lipinski definition) is 5. The van der Waals surface area contributed by atoms with Gasteiger partial charge in [0.25, 0.3) is 0 Å². The van der Waals surface area contributed by atoms with Gasteiger partial charge in [-0.05, 0) is 37.5 Å². The monoisotopic (exact) mass is 350 g/mol. The molecular weight excluding hydrogens is 324 g/mol. The van der Waals surface area contributed by atoms with Crippen LogP contribution in [0.15, 0.2) is 18.2 Å². The fourth-order valence-electron chi connectivity index (χ4n) is 2.48. The van der Waals surface area contributed by atoms with Gasteiger partial charge < -0.3 is 24.8 Å². The SMILES string of the molecule is CCOC(=O)CCCCCCNC(=O)NCc1ccc2c(c1)OCO2. The number of carbonyl (C=O) groups excluding carboxylic acids is 2. The van der Waals surface area contributed by atoms with E-state index in [9.17, 15) is 9.59 Å². The van der Waals surface area contributed by atoms with Crippen molar-refractivity contribution in [3.8, 4) is 11.5 Å². The minimum absolute atomic E-state index is 0.136. The maximum Gasteiger partial charge on any atom is 0.315 e. The van der Waals surface area contributed by atoms with Crippen LogP contribution in [-0.2, 0) is 16.1 Å². The van der Waals surface area contributed by atoms with Crippen LogP contribution in [0.25, 0.3) is 0 Å². The van der Waals surface area contributed by atoms with Crippen molar-refractivity contribution in [1.82, 2.24) is 10.6 Å². The van der Waals surface area contributed by atoms with E-state index in [4.69, 9.17) is 14.2 Å². The van der Waals surface area contributed by atoms with Crippen molar-refractivity contribution in [3.63, 3.8) is 0 Å². The van der Waals surface area contributed by atoms with Gasteiger partial charge in [-0.15, -0.1) is 0 Å². The largest absolute Gasteiger partial charge is 0.466 e. The van der Waals surface area contributed by atoms with Crippen molar-refractivity contribution in [2.24, 2.45) is 0 Å². The Morgan fingerprint density at radius 2 is 1.88 bits per heavy atom. The van der Waals surface area contributed by atoms with Gasteiger partial charge in [-0.25, -0.2) is 4.79 Å². The van der Waals surface area contributed by atoms with E-state index in [0.717, 1.165) is 37.0 Å². The van der Waals surface area contributed by atoms with Crippen LogP contribution in [0.3, 0.4) is 0 Å². The molecule has 7 heteroatoms. The van der Waals surface area contributed by atoms with E-state index in [1.807, 2.05) is 18.2 Å². The van der Waals surface area contributed by atoms with Gasteiger partial charge in [0, 0.05) is 19.5 Å². The number of ether oxygens (including phenoxy) is 3. The molecule has 1 aliphatic rings. The number of benzene rings is 1. The third kappa shape index (κ3) is 6.91. The first-order chi connectivity index (χ1) is 12.2. The van der Waals surface area contributed by atoms with E-state index in [1.54, 1.807) is 6.92 Å². The topological polar surface area (TPSA) is 85.9 Å². The first-order valence-electron chi connectivity index (χ1n) is 8.75. The highest BCUT2D eigenvalue weighted by molar-refractivity contribution is 5.73. The molecular formula is C18H26N2O5. The van der Waals surface area contributed by atoms with Crippen LogP contribution in [0.2, 0.25) is 0 Å². The fraction of sp³-hybridized carbons (Fsp3) is 0.556. The highest BCUT2D eigenvalue weighted by Gasteiger charge is 2.13. The first kappa shape index (κ1) is 18.9. The molecule has 0 unspecified atom stereocenters. The van der Waals surface area contributed by atoms with Crippen molar-refractivity contribution >= 4 is 12.0 Å². The van der Waals surface area contributed by atoms with Crippen LogP contribution in [0.4, 0.5) is 4.79 Å². The van der Waals surface area contributed by atoms with Gasteiger partial charge in [-0.2, -0.15) is 0 Å². The Kier molecular flexibility index (Phi) is 7.88. The summed E-state index contributed by atoms with van der Waals surface area (Å²) in [7, 11) is 0. The number of fused-ring (bicyclic) bond motifs is 1. The lowest BCUT2D eigenvalue weighted by atomic mass is 10.1. The Morgan fingerprint density at radius 3 is 2.72 bits per heavy atom. The summed E-state index contributed by atoms with van der Waals surface area (Å²) >= 11 is 0. The Bertz CT molecular complexity index is 577. The number of urea groups is 1. The maximum atomic E-state index is 11.8. The van der Waals surface area contributed by atoms with Gasteiger partial charge in [0.05, 0.1) is 6.61 Å². The molecule has 2 rings (SSSR count). The van der Waals surface area contributed by atoms with E-state index in [-0.39, 0.29) is 18.8 Å². The summed E-state index contributed by atoms with van der Waals surface area (Å²) in [6.45, 7) is 3.53. The van der Waals surface area contributed by atoms with E-state index in [2.05, 4.69) is 10.6 Å². The Morgan fingerprint density at radius 1 is 1.08 bits per heavy atom. The molecule has 1 aromatic rings. The normalized spacial score (nSPS) is 11.9. The predicted octanol–water partition coefficient (Wildman–Crippen LogP) is 2.73. The molecule has 0 spiro atoms. The molecule has 1 aromatic carbocycles. The molecule has 7 nitrogen and oxygen atoms in total. The number of nitrogens with one attached hydrogen (secondary N) is 2. The van der Waals surface area contributed by atoms with Crippen molar-refractivity contribution in [1.29, 1.82) is 0 Å². The number of hydrogen-bond donors (Lipinski definition) is 2. The van der Waals surface area contributed by atoms with Crippen LogP contribution in [0.5, 0.6) is 11.5 Å². The summed E-state index contributed by atoms with van der Waals surface area (Å²) in [6, 6.07) is 5.42. The number of amides is 2. The predicted molar refractivity (Wildman–Crippen MR) is 92.5 cm³/mol. The third-order valence-electron chi connectivity index (χ3n) is 3.79.